The normalized spacial score (nSPS) is 41.2. The summed E-state index contributed by atoms with van der Waals surface area (Å²) >= 11 is 3.71. The first kappa shape index (κ1) is 8.47. The summed E-state index contributed by atoms with van der Waals surface area (Å²) in [5.74, 6) is 1.000. The molecule has 0 radical (unpaired) electrons. The van der Waals surface area contributed by atoms with Gasteiger partial charge in [-0.15, -0.1) is 11.8 Å². The molecule has 0 aromatic carbocycles. The predicted molar refractivity (Wildman–Crippen MR) is 48.8 cm³/mol. The van der Waals surface area contributed by atoms with Crippen molar-refractivity contribution >= 4 is 29.8 Å². The van der Waals surface area contributed by atoms with Crippen LogP contribution in [0.4, 0.5) is 0 Å². The molecule has 0 aromatic heterocycles. The Morgan fingerprint density at radius 2 is 2.10 bits per heavy atom. The van der Waals surface area contributed by atoms with E-state index in [1.807, 2.05) is 11.8 Å². The average Bonchev–Trinajstić information content (AvgIpc) is 1.95. The van der Waals surface area contributed by atoms with Crippen LogP contribution in [0.15, 0.2) is 0 Å². The second-order valence-corrected chi connectivity index (χ2v) is 5.59. The predicted octanol–water partition coefficient (Wildman–Crippen LogP) is 1.81. The molecular formula is C7H12OS2. The minimum atomic E-state index is 0.246. The maximum atomic E-state index is 10.4. The third-order valence-electron chi connectivity index (χ3n) is 1.73. The van der Waals surface area contributed by atoms with Crippen LogP contribution in [0.25, 0.3) is 0 Å². The molecule has 10 heavy (non-hydrogen) atoms. The zero-order chi connectivity index (χ0) is 7.56. The van der Waals surface area contributed by atoms with Gasteiger partial charge in [0.2, 0.25) is 0 Å². The van der Waals surface area contributed by atoms with Crippen molar-refractivity contribution in [3.8, 4) is 0 Å². The summed E-state index contributed by atoms with van der Waals surface area (Å²) in [6.07, 6.45) is 1.07. The summed E-state index contributed by atoms with van der Waals surface area (Å²) in [6.45, 7) is 4.42. The Morgan fingerprint density at radius 3 is 2.60 bits per heavy atom. The van der Waals surface area contributed by atoms with Crippen LogP contribution in [-0.2, 0) is 4.79 Å². The number of carbonyl (C=O) groups is 1. The summed E-state index contributed by atoms with van der Waals surface area (Å²) in [5.41, 5.74) is 0. The van der Waals surface area contributed by atoms with Crippen molar-refractivity contribution in [3.05, 3.63) is 0 Å². The van der Waals surface area contributed by atoms with Crippen molar-refractivity contribution in [1.82, 2.24) is 0 Å². The van der Waals surface area contributed by atoms with Crippen molar-refractivity contribution in [2.45, 2.75) is 29.6 Å². The van der Waals surface area contributed by atoms with Crippen LogP contribution in [0.1, 0.15) is 13.8 Å². The van der Waals surface area contributed by atoms with Crippen LogP contribution >= 0.6 is 23.5 Å². The maximum absolute atomic E-state index is 10.4. The molecule has 1 nitrogen and oxygen atoms in total. The highest BCUT2D eigenvalue weighted by Crippen LogP contribution is 2.34. The van der Waals surface area contributed by atoms with Crippen LogP contribution in [-0.4, -0.2) is 27.8 Å². The summed E-state index contributed by atoms with van der Waals surface area (Å²) in [7, 11) is 0. The van der Waals surface area contributed by atoms with E-state index in [2.05, 4.69) is 13.8 Å². The number of rotatable bonds is 1. The Balaban J connectivity index is 2.40. The van der Waals surface area contributed by atoms with E-state index in [1.54, 1.807) is 11.8 Å². The third kappa shape index (κ3) is 1.92. The van der Waals surface area contributed by atoms with Crippen LogP contribution in [0.3, 0.4) is 0 Å². The highest BCUT2D eigenvalue weighted by Gasteiger charge is 2.24. The second kappa shape index (κ2) is 3.67. The second-order valence-electron chi connectivity index (χ2n) is 2.55. The topological polar surface area (TPSA) is 17.1 Å². The molecule has 1 heterocycles. The van der Waals surface area contributed by atoms with Gasteiger partial charge in [-0.25, -0.2) is 0 Å². The van der Waals surface area contributed by atoms with E-state index in [0.29, 0.717) is 10.5 Å². The molecule has 0 amide bonds. The van der Waals surface area contributed by atoms with E-state index in [9.17, 15) is 4.79 Å². The van der Waals surface area contributed by atoms with Gasteiger partial charge in [0, 0.05) is 16.3 Å². The van der Waals surface area contributed by atoms with Crippen LogP contribution in [0.2, 0.25) is 0 Å². The number of thioether (sulfide) groups is 2. The molecule has 1 saturated heterocycles. The molecule has 0 spiro atoms. The lowest BCUT2D eigenvalue weighted by Crippen LogP contribution is -2.26. The molecule has 1 aliphatic heterocycles. The van der Waals surface area contributed by atoms with Gasteiger partial charge in [0.15, 0.2) is 0 Å². The minimum absolute atomic E-state index is 0.246. The Bertz CT molecular complexity index is 127. The number of carbonyl (C=O) groups excluding carboxylic acids is 1. The first-order valence-corrected chi connectivity index (χ1v) is 5.45. The van der Waals surface area contributed by atoms with Crippen molar-refractivity contribution in [1.29, 1.82) is 0 Å². The molecule has 0 aliphatic carbocycles. The monoisotopic (exact) mass is 176 g/mol. The zero-order valence-corrected chi connectivity index (χ0v) is 7.87. The van der Waals surface area contributed by atoms with Gasteiger partial charge in [-0.3, -0.25) is 0 Å². The first-order chi connectivity index (χ1) is 4.74. The molecule has 1 fully saturated rings. The molecular weight excluding hydrogens is 164 g/mol. The molecule has 0 N–H and O–H groups in total. The summed E-state index contributed by atoms with van der Waals surface area (Å²) in [5, 5.41) is 1.59. The molecule has 3 unspecified atom stereocenters. The van der Waals surface area contributed by atoms with Gasteiger partial charge in [-0.05, 0) is 0 Å². The zero-order valence-electron chi connectivity index (χ0n) is 6.24. The average molecular weight is 176 g/mol. The third-order valence-corrected chi connectivity index (χ3v) is 5.06. The van der Waals surface area contributed by atoms with Crippen molar-refractivity contribution < 1.29 is 4.79 Å². The lowest BCUT2D eigenvalue weighted by atomic mass is 10.4. The van der Waals surface area contributed by atoms with E-state index < -0.39 is 0 Å². The molecule has 1 aliphatic rings. The van der Waals surface area contributed by atoms with Gasteiger partial charge in [0.05, 0.1) is 5.25 Å². The van der Waals surface area contributed by atoms with Crippen molar-refractivity contribution in [2.75, 3.05) is 5.75 Å². The first-order valence-electron chi connectivity index (χ1n) is 3.46. The number of hydrogen-bond acceptors (Lipinski definition) is 3. The Labute approximate surface area is 70.3 Å². The standard InChI is InChI=1S/C7H12OS2/c1-5-6(2)10-7(3-8)4-9-5/h3,5-7H,4H2,1-2H3. The fourth-order valence-corrected chi connectivity index (χ4v) is 3.54. The largest absolute Gasteiger partial charge is 0.302 e. The molecule has 3 atom stereocenters. The highest BCUT2D eigenvalue weighted by molar-refractivity contribution is 8.07. The smallest absolute Gasteiger partial charge is 0.133 e. The summed E-state index contributed by atoms with van der Waals surface area (Å²) in [6, 6.07) is 0. The highest BCUT2D eigenvalue weighted by atomic mass is 32.2. The van der Waals surface area contributed by atoms with E-state index in [0.717, 1.165) is 12.0 Å². The number of hydrogen-bond donors (Lipinski definition) is 0. The molecule has 0 aromatic rings. The quantitative estimate of drug-likeness (QED) is 0.567. The van der Waals surface area contributed by atoms with E-state index in [1.165, 1.54) is 0 Å². The van der Waals surface area contributed by atoms with Crippen LogP contribution < -0.4 is 0 Å². The molecule has 3 heteroatoms. The molecule has 58 valence electrons. The number of aldehydes is 1. The van der Waals surface area contributed by atoms with Crippen LogP contribution in [0.5, 0.6) is 0 Å². The summed E-state index contributed by atoms with van der Waals surface area (Å²) in [4.78, 5) is 10.4. The van der Waals surface area contributed by atoms with Gasteiger partial charge in [0.1, 0.15) is 6.29 Å². The van der Waals surface area contributed by atoms with Crippen molar-refractivity contribution in [3.63, 3.8) is 0 Å². The SMILES string of the molecule is CC1SCC(C=O)SC1C. The Kier molecular flexibility index (Phi) is 3.11. The molecule has 0 bridgehead atoms. The lowest BCUT2D eigenvalue weighted by Gasteiger charge is -2.27. The van der Waals surface area contributed by atoms with Gasteiger partial charge < -0.3 is 4.79 Å². The van der Waals surface area contributed by atoms with E-state index in [-0.39, 0.29) is 5.25 Å². The fraction of sp³-hybridized carbons (Fsp3) is 0.857. The van der Waals surface area contributed by atoms with E-state index >= 15 is 0 Å². The van der Waals surface area contributed by atoms with Crippen molar-refractivity contribution in [2.24, 2.45) is 0 Å². The van der Waals surface area contributed by atoms with Gasteiger partial charge in [0.25, 0.3) is 0 Å². The van der Waals surface area contributed by atoms with Gasteiger partial charge in [-0.2, -0.15) is 11.8 Å². The van der Waals surface area contributed by atoms with Crippen LogP contribution in [0, 0.1) is 0 Å². The molecule has 1 rings (SSSR count). The fourth-order valence-electron chi connectivity index (χ4n) is 0.879. The van der Waals surface area contributed by atoms with Gasteiger partial charge in [-0.1, -0.05) is 13.8 Å². The van der Waals surface area contributed by atoms with Gasteiger partial charge >= 0.3 is 0 Å². The minimum Gasteiger partial charge on any atom is -0.302 e. The lowest BCUT2D eigenvalue weighted by molar-refractivity contribution is -0.107. The van der Waals surface area contributed by atoms with E-state index in [4.69, 9.17) is 0 Å². The Hall–Kier alpha value is 0.370. The Morgan fingerprint density at radius 1 is 1.40 bits per heavy atom. The maximum Gasteiger partial charge on any atom is 0.133 e. The summed E-state index contributed by atoms with van der Waals surface area (Å²) < 4.78 is 0. The molecule has 0 saturated carbocycles.